The van der Waals surface area contributed by atoms with E-state index in [2.05, 4.69) is 6.92 Å². The van der Waals surface area contributed by atoms with Gasteiger partial charge in [-0.2, -0.15) is 0 Å². The summed E-state index contributed by atoms with van der Waals surface area (Å²) in [5.74, 6) is -2.11. The Balaban J connectivity index is 1.53. The minimum atomic E-state index is -1.15. The van der Waals surface area contributed by atoms with Gasteiger partial charge in [0.15, 0.2) is 11.9 Å². The standard InChI is InChI=1S/C19H28O9/c1-10-4-5-13-11(2)16(24-15(22)9-23-8-14(20)21)25-17-19(13)12(10)6-7-18(3,26-17)27-28-19/h10-13,16-17H,4-9H2,1-3H3,(H,20,21)/t10-,11-,12+,13?,16?,17-,18?,19-/m1/s1. The summed E-state index contributed by atoms with van der Waals surface area (Å²) in [5.41, 5.74) is -0.712. The Hall–Kier alpha value is -1.26. The van der Waals surface area contributed by atoms with E-state index in [9.17, 15) is 9.59 Å². The van der Waals surface area contributed by atoms with Crippen molar-refractivity contribution in [3.8, 4) is 0 Å². The molecular weight excluding hydrogens is 372 g/mol. The average Bonchev–Trinajstić information content (AvgIpc) is 2.85. The second kappa shape index (κ2) is 7.21. The molecule has 5 rings (SSSR count). The summed E-state index contributed by atoms with van der Waals surface area (Å²) in [4.78, 5) is 34.4. The van der Waals surface area contributed by atoms with Gasteiger partial charge >= 0.3 is 11.9 Å². The van der Waals surface area contributed by atoms with Gasteiger partial charge in [0.25, 0.3) is 0 Å². The molecule has 0 aromatic carbocycles. The number of carbonyl (C=O) groups excluding carboxylic acids is 1. The largest absolute Gasteiger partial charge is 0.480 e. The van der Waals surface area contributed by atoms with Gasteiger partial charge in [0, 0.05) is 18.3 Å². The van der Waals surface area contributed by atoms with Gasteiger partial charge in [-0.3, -0.25) is 0 Å². The molecule has 9 heteroatoms. The van der Waals surface area contributed by atoms with Crippen LogP contribution in [0.25, 0.3) is 0 Å². The molecule has 8 atom stereocenters. The van der Waals surface area contributed by atoms with Crippen molar-refractivity contribution in [1.29, 1.82) is 0 Å². The quantitative estimate of drug-likeness (QED) is 0.546. The lowest BCUT2D eigenvalue weighted by atomic mass is 9.58. The van der Waals surface area contributed by atoms with Crippen LogP contribution in [0.4, 0.5) is 0 Å². The van der Waals surface area contributed by atoms with E-state index in [1.807, 2.05) is 13.8 Å². The summed E-state index contributed by atoms with van der Waals surface area (Å²) < 4.78 is 22.6. The highest BCUT2D eigenvalue weighted by Crippen LogP contribution is 2.60. The zero-order valence-electron chi connectivity index (χ0n) is 16.4. The molecule has 1 spiro atoms. The number of carboxylic acid groups (broad SMARTS) is 1. The van der Waals surface area contributed by atoms with Crippen molar-refractivity contribution in [3.63, 3.8) is 0 Å². The first-order valence-corrected chi connectivity index (χ1v) is 9.94. The van der Waals surface area contributed by atoms with E-state index in [0.717, 1.165) is 19.3 Å². The minimum absolute atomic E-state index is 0.0489. The van der Waals surface area contributed by atoms with E-state index in [4.69, 9.17) is 33.8 Å². The van der Waals surface area contributed by atoms with Crippen LogP contribution < -0.4 is 0 Å². The Morgan fingerprint density at radius 3 is 2.64 bits per heavy atom. The number of ether oxygens (including phenoxy) is 4. The van der Waals surface area contributed by atoms with Gasteiger partial charge < -0.3 is 24.1 Å². The van der Waals surface area contributed by atoms with Gasteiger partial charge in [-0.25, -0.2) is 19.4 Å². The van der Waals surface area contributed by atoms with E-state index in [1.165, 1.54) is 0 Å². The third kappa shape index (κ3) is 3.23. The molecule has 1 aliphatic carbocycles. The molecule has 4 aliphatic heterocycles. The zero-order chi connectivity index (χ0) is 20.1. The Morgan fingerprint density at radius 2 is 1.89 bits per heavy atom. The highest BCUT2D eigenvalue weighted by molar-refractivity contribution is 5.72. The fourth-order valence-electron chi connectivity index (χ4n) is 5.39. The maximum atomic E-state index is 12.1. The summed E-state index contributed by atoms with van der Waals surface area (Å²) in [7, 11) is 0. The smallest absolute Gasteiger partial charge is 0.334 e. The second-order valence-electron chi connectivity index (χ2n) is 8.65. The number of rotatable bonds is 5. The fourth-order valence-corrected chi connectivity index (χ4v) is 5.39. The van der Waals surface area contributed by atoms with Crippen molar-refractivity contribution < 1.29 is 43.4 Å². The second-order valence-corrected chi connectivity index (χ2v) is 8.65. The number of carbonyl (C=O) groups is 2. The monoisotopic (exact) mass is 400 g/mol. The van der Waals surface area contributed by atoms with Crippen LogP contribution in [-0.2, 0) is 38.3 Å². The molecular formula is C19H28O9. The van der Waals surface area contributed by atoms with Crippen LogP contribution in [-0.4, -0.2) is 54.2 Å². The molecule has 2 bridgehead atoms. The minimum Gasteiger partial charge on any atom is -0.480 e. The van der Waals surface area contributed by atoms with Crippen molar-refractivity contribution >= 4 is 11.9 Å². The summed E-state index contributed by atoms with van der Waals surface area (Å²) in [6, 6.07) is 0. The van der Waals surface area contributed by atoms with Crippen molar-refractivity contribution in [2.45, 2.75) is 70.4 Å². The molecule has 4 heterocycles. The zero-order valence-corrected chi connectivity index (χ0v) is 16.4. The molecule has 5 aliphatic rings. The summed E-state index contributed by atoms with van der Waals surface area (Å²) >= 11 is 0. The lowest BCUT2D eigenvalue weighted by molar-refractivity contribution is -0.576. The summed E-state index contributed by atoms with van der Waals surface area (Å²) in [6.07, 6.45) is 2.07. The number of aliphatic carboxylic acids is 1. The molecule has 158 valence electrons. The number of hydrogen-bond acceptors (Lipinski definition) is 8. The molecule has 1 saturated carbocycles. The molecule has 0 radical (unpaired) electrons. The first kappa shape index (κ1) is 20.0. The maximum absolute atomic E-state index is 12.1. The predicted octanol–water partition coefficient (Wildman–Crippen LogP) is 1.84. The molecule has 3 unspecified atom stereocenters. The molecule has 9 nitrogen and oxygen atoms in total. The normalized spacial score (nSPS) is 47.1. The van der Waals surface area contributed by atoms with Crippen LogP contribution >= 0.6 is 0 Å². The fraction of sp³-hybridized carbons (Fsp3) is 0.895. The van der Waals surface area contributed by atoms with Crippen molar-refractivity contribution in [3.05, 3.63) is 0 Å². The first-order valence-electron chi connectivity index (χ1n) is 9.94. The SMILES string of the molecule is C[C@H]1C(OC(=O)COCC(=O)O)O[C@@H]2OC3(C)CC[C@H]4[C@H](C)CCC1[C@@]24OO3. The summed E-state index contributed by atoms with van der Waals surface area (Å²) in [6.45, 7) is 5.03. The lowest BCUT2D eigenvalue weighted by Gasteiger charge is -2.59. The van der Waals surface area contributed by atoms with Crippen LogP contribution in [0.15, 0.2) is 0 Å². The van der Waals surface area contributed by atoms with Gasteiger partial charge in [0.1, 0.15) is 13.2 Å². The van der Waals surface area contributed by atoms with Crippen molar-refractivity contribution in [2.75, 3.05) is 13.2 Å². The Kier molecular flexibility index (Phi) is 5.16. The highest BCUT2D eigenvalue weighted by Gasteiger charge is 2.69. The third-order valence-corrected chi connectivity index (χ3v) is 6.79. The van der Waals surface area contributed by atoms with Crippen molar-refractivity contribution in [2.24, 2.45) is 23.7 Å². The predicted molar refractivity (Wildman–Crippen MR) is 91.4 cm³/mol. The number of hydrogen-bond donors (Lipinski definition) is 1. The summed E-state index contributed by atoms with van der Waals surface area (Å²) in [5, 5.41) is 8.61. The Labute approximate surface area is 163 Å². The van der Waals surface area contributed by atoms with Gasteiger partial charge in [0.2, 0.25) is 12.1 Å². The van der Waals surface area contributed by atoms with Gasteiger partial charge in [-0.1, -0.05) is 13.8 Å². The lowest BCUT2D eigenvalue weighted by Crippen LogP contribution is -2.70. The molecule has 0 aromatic heterocycles. The Bertz CT molecular complexity index is 639. The van der Waals surface area contributed by atoms with E-state index >= 15 is 0 Å². The molecule has 0 amide bonds. The van der Waals surface area contributed by atoms with Crippen LogP contribution in [0.2, 0.25) is 0 Å². The molecule has 1 N–H and O–H groups in total. The number of carboxylic acids is 1. The average molecular weight is 400 g/mol. The van der Waals surface area contributed by atoms with E-state index in [0.29, 0.717) is 12.3 Å². The van der Waals surface area contributed by atoms with Crippen LogP contribution in [0.3, 0.4) is 0 Å². The van der Waals surface area contributed by atoms with E-state index < -0.39 is 49.1 Å². The van der Waals surface area contributed by atoms with Crippen LogP contribution in [0.5, 0.6) is 0 Å². The molecule has 4 saturated heterocycles. The molecule has 28 heavy (non-hydrogen) atoms. The van der Waals surface area contributed by atoms with Gasteiger partial charge in [0.05, 0.1) is 0 Å². The van der Waals surface area contributed by atoms with Crippen LogP contribution in [0, 0.1) is 23.7 Å². The van der Waals surface area contributed by atoms with E-state index in [-0.39, 0.29) is 17.8 Å². The topological polar surface area (TPSA) is 110 Å². The van der Waals surface area contributed by atoms with Crippen LogP contribution in [0.1, 0.15) is 46.5 Å². The van der Waals surface area contributed by atoms with E-state index in [1.54, 1.807) is 0 Å². The van der Waals surface area contributed by atoms with Gasteiger partial charge in [-0.05, 0) is 38.0 Å². The Morgan fingerprint density at radius 1 is 1.11 bits per heavy atom. The third-order valence-electron chi connectivity index (χ3n) is 6.79. The van der Waals surface area contributed by atoms with Gasteiger partial charge in [-0.15, -0.1) is 0 Å². The number of esters is 1. The molecule has 0 aromatic rings. The maximum Gasteiger partial charge on any atom is 0.334 e. The van der Waals surface area contributed by atoms with Crippen molar-refractivity contribution in [1.82, 2.24) is 0 Å². The first-order chi connectivity index (χ1) is 13.2. The molecule has 5 fully saturated rings. The highest BCUT2D eigenvalue weighted by atomic mass is 17.3. The number of fused-ring (bicyclic) bond motifs is 2.